The molecule has 0 aromatic heterocycles. The highest BCUT2D eigenvalue weighted by Gasteiger charge is 2.36. The Bertz CT molecular complexity index is 400. The summed E-state index contributed by atoms with van der Waals surface area (Å²) < 4.78 is 50.4. The molecule has 0 bridgehead atoms. The van der Waals surface area contributed by atoms with Gasteiger partial charge in [-0.2, -0.15) is 17.9 Å². The van der Waals surface area contributed by atoms with Crippen LogP contribution in [0.2, 0.25) is 0 Å². The lowest BCUT2D eigenvalue weighted by Crippen LogP contribution is -2.29. The van der Waals surface area contributed by atoms with E-state index in [9.17, 15) is 12.6 Å². The fraction of sp³-hybridized carbons (Fsp3) is 0.857. The normalized spacial score (nSPS) is 27.1. The van der Waals surface area contributed by atoms with Crippen molar-refractivity contribution < 1.29 is 25.5 Å². The average molecular weight is 269 g/mol. The van der Waals surface area contributed by atoms with Gasteiger partial charge in [0.2, 0.25) is 0 Å². The smallest absolute Gasteiger partial charge is 0.284 e. The molecular formula is C7H11NO6S2. The molecule has 1 N–H and O–H groups in total. The van der Waals surface area contributed by atoms with Gasteiger partial charge in [0.15, 0.2) is 0 Å². The third-order valence-corrected chi connectivity index (χ3v) is 3.77. The molecule has 9 heteroatoms. The van der Waals surface area contributed by atoms with Crippen molar-refractivity contribution in [2.75, 3.05) is 5.75 Å². The van der Waals surface area contributed by atoms with Crippen LogP contribution < -0.4 is 0 Å². The minimum absolute atomic E-state index is 0.0990. The summed E-state index contributed by atoms with van der Waals surface area (Å²) in [5.74, 6) is -0.137. The molecule has 3 atom stereocenters. The van der Waals surface area contributed by atoms with Crippen LogP contribution in [0.1, 0.15) is 19.3 Å². The van der Waals surface area contributed by atoms with Gasteiger partial charge in [0.25, 0.3) is 10.1 Å². The summed E-state index contributed by atoms with van der Waals surface area (Å²) in [6.07, 6.45) is -1.18. The van der Waals surface area contributed by atoms with Gasteiger partial charge in [0.05, 0.1) is 11.8 Å². The van der Waals surface area contributed by atoms with E-state index >= 15 is 0 Å². The summed E-state index contributed by atoms with van der Waals surface area (Å²) in [5, 5.41) is 8.39. The first-order valence-corrected chi connectivity index (χ1v) is 7.11. The maximum atomic E-state index is 11.0. The number of nitrogens with zero attached hydrogens (tertiary/aromatic N) is 1. The second-order valence-corrected chi connectivity index (χ2v) is 5.58. The van der Waals surface area contributed by atoms with Gasteiger partial charge in [-0.1, -0.05) is 0 Å². The van der Waals surface area contributed by atoms with E-state index in [0.29, 0.717) is 0 Å². The molecule has 1 heterocycles. The van der Waals surface area contributed by atoms with Crippen LogP contribution >= 0.6 is 0 Å². The second-order valence-electron chi connectivity index (χ2n) is 3.23. The molecule has 1 aliphatic rings. The zero-order chi connectivity index (χ0) is 12.2. The van der Waals surface area contributed by atoms with Gasteiger partial charge in [-0.15, -0.1) is 0 Å². The summed E-state index contributed by atoms with van der Waals surface area (Å²) in [7, 11) is -3.54. The summed E-state index contributed by atoms with van der Waals surface area (Å²) in [6.45, 7) is 0. The van der Waals surface area contributed by atoms with Crippen molar-refractivity contribution in [2.24, 2.45) is 0 Å². The third kappa shape index (κ3) is 4.15. The Kier molecular flexibility index (Phi) is 4.82. The highest BCUT2D eigenvalue weighted by Crippen LogP contribution is 2.23. The molecule has 0 spiro atoms. The largest absolute Gasteiger partial charge is 0.302 e. The predicted octanol–water partition coefficient (Wildman–Crippen LogP) is -0.0692. The molecule has 0 amide bonds. The highest BCUT2D eigenvalue weighted by atomic mass is 32.2. The van der Waals surface area contributed by atoms with E-state index in [1.165, 1.54) is 0 Å². The molecule has 1 rings (SSSR count). The summed E-state index contributed by atoms with van der Waals surface area (Å²) in [4.78, 5) is 0. The Labute approximate surface area is 96.0 Å². The Morgan fingerprint density at radius 3 is 2.81 bits per heavy atom. The number of hydrogen-bond donors (Lipinski definition) is 1. The van der Waals surface area contributed by atoms with E-state index in [1.54, 1.807) is 0 Å². The Morgan fingerprint density at radius 1 is 1.69 bits per heavy atom. The number of hydrogen-bond acceptors (Lipinski definition) is 6. The first kappa shape index (κ1) is 13.5. The van der Waals surface area contributed by atoms with E-state index < -0.39 is 33.7 Å². The van der Waals surface area contributed by atoms with Crippen LogP contribution in [0.4, 0.5) is 0 Å². The van der Waals surface area contributed by atoms with E-state index in [0.717, 1.165) is 0 Å². The maximum Gasteiger partial charge on any atom is 0.302 e. The van der Waals surface area contributed by atoms with Gasteiger partial charge in [-0.05, 0) is 12.8 Å². The Balaban J connectivity index is 2.63. The first-order valence-electron chi connectivity index (χ1n) is 4.50. The molecule has 1 saturated heterocycles. The molecule has 92 valence electrons. The van der Waals surface area contributed by atoms with Crippen LogP contribution in [0, 0.1) is 11.3 Å². The first-order chi connectivity index (χ1) is 7.44. The zero-order valence-electron chi connectivity index (χ0n) is 8.24. The van der Waals surface area contributed by atoms with Crippen molar-refractivity contribution in [3.8, 4) is 6.07 Å². The maximum absolute atomic E-state index is 11.0. The lowest BCUT2D eigenvalue weighted by Gasteiger charge is -2.18. The van der Waals surface area contributed by atoms with Crippen LogP contribution in [0.5, 0.6) is 0 Å². The summed E-state index contributed by atoms with van der Waals surface area (Å²) >= 11 is -2.50. The molecule has 0 aliphatic carbocycles. The molecule has 1 aliphatic heterocycles. The number of nitriles is 1. The topological polar surface area (TPSA) is 114 Å². The molecule has 3 unspecified atom stereocenters. The molecular weight excluding hydrogens is 258 g/mol. The molecule has 16 heavy (non-hydrogen) atoms. The van der Waals surface area contributed by atoms with Gasteiger partial charge in [0, 0.05) is 6.42 Å². The van der Waals surface area contributed by atoms with Crippen molar-refractivity contribution >= 4 is 21.5 Å². The molecule has 0 aromatic rings. The number of rotatable bonds is 5. The van der Waals surface area contributed by atoms with Crippen molar-refractivity contribution in [3.63, 3.8) is 0 Å². The minimum Gasteiger partial charge on any atom is -0.284 e. The molecule has 7 nitrogen and oxygen atoms in total. The molecule has 1 fully saturated rings. The fourth-order valence-corrected chi connectivity index (χ4v) is 3.05. The van der Waals surface area contributed by atoms with Gasteiger partial charge in [-0.25, -0.2) is 0 Å². The lowest BCUT2D eigenvalue weighted by molar-refractivity contribution is 0.0679. The Morgan fingerprint density at radius 2 is 2.38 bits per heavy atom. The van der Waals surface area contributed by atoms with Gasteiger partial charge in [0.1, 0.15) is 12.2 Å². The summed E-state index contributed by atoms with van der Waals surface area (Å²) in [5.41, 5.74) is 0. The van der Waals surface area contributed by atoms with Gasteiger partial charge in [-0.3, -0.25) is 12.9 Å². The van der Waals surface area contributed by atoms with Crippen LogP contribution in [-0.2, 0) is 29.8 Å². The average Bonchev–Trinajstić information content (AvgIpc) is 2.52. The van der Waals surface area contributed by atoms with Crippen LogP contribution in [-0.4, -0.2) is 35.1 Å². The standard InChI is InChI=1S/C7H11NO6S2/c8-4-1-2-6(13-15(9)10)7-3-5-16(11,12)14-7/h6-7H,1-3,5H2,(H,9,10). The van der Waals surface area contributed by atoms with Gasteiger partial charge < -0.3 is 0 Å². The predicted molar refractivity (Wildman–Crippen MR) is 53.8 cm³/mol. The monoisotopic (exact) mass is 269 g/mol. The van der Waals surface area contributed by atoms with Crippen molar-refractivity contribution in [1.82, 2.24) is 0 Å². The second kappa shape index (κ2) is 5.70. The summed E-state index contributed by atoms with van der Waals surface area (Å²) in [6, 6.07) is 1.85. The third-order valence-electron chi connectivity index (χ3n) is 2.08. The van der Waals surface area contributed by atoms with E-state index in [-0.39, 0.29) is 25.0 Å². The Hall–Kier alpha value is -0.530. The quantitative estimate of drug-likeness (QED) is 0.549. The van der Waals surface area contributed by atoms with Crippen LogP contribution in [0.15, 0.2) is 0 Å². The zero-order valence-corrected chi connectivity index (χ0v) is 9.87. The van der Waals surface area contributed by atoms with E-state index in [4.69, 9.17) is 14.0 Å². The molecule has 0 radical (unpaired) electrons. The molecule has 0 saturated carbocycles. The van der Waals surface area contributed by atoms with E-state index in [1.807, 2.05) is 6.07 Å². The SMILES string of the molecule is N#CCCC(OS(=O)O)C1CCS(=O)(=O)O1. The fourth-order valence-electron chi connectivity index (χ4n) is 1.40. The van der Waals surface area contributed by atoms with Gasteiger partial charge >= 0.3 is 11.4 Å². The van der Waals surface area contributed by atoms with Crippen molar-refractivity contribution in [2.45, 2.75) is 31.5 Å². The van der Waals surface area contributed by atoms with Crippen molar-refractivity contribution in [1.29, 1.82) is 5.26 Å². The minimum atomic E-state index is -3.54. The van der Waals surface area contributed by atoms with Crippen LogP contribution in [0.3, 0.4) is 0 Å². The lowest BCUT2D eigenvalue weighted by atomic mass is 10.1. The van der Waals surface area contributed by atoms with Crippen molar-refractivity contribution in [3.05, 3.63) is 0 Å². The van der Waals surface area contributed by atoms with Crippen LogP contribution in [0.25, 0.3) is 0 Å². The molecule has 0 aromatic carbocycles. The van der Waals surface area contributed by atoms with E-state index in [2.05, 4.69) is 4.18 Å². The highest BCUT2D eigenvalue weighted by molar-refractivity contribution is 7.86.